The van der Waals surface area contributed by atoms with E-state index >= 15 is 0 Å². The first kappa shape index (κ1) is 33.1. The minimum absolute atomic E-state index is 0. The molecule has 2 rings (SSSR count). The zero-order valence-electron chi connectivity index (χ0n) is 19.0. The Kier molecular flexibility index (Phi) is 26.2. The van der Waals surface area contributed by atoms with Crippen LogP contribution < -0.4 is 24.8 Å². The molecule has 0 heterocycles. The van der Waals surface area contributed by atoms with Crippen molar-refractivity contribution in [3.8, 4) is 0 Å². The maximum absolute atomic E-state index is 3.42. The van der Waals surface area contributed by atoms with Crippen molar-refractivity contribution in [1.29, 1.82) is 0 Å². The van der Waals surface area contributed by atoms with Crippen LogP contribution in [0.5, 0.6) is 0 Å². The molecule has 160 valence electrons. The van der Waals surface area contributed by atoms with Gasteiger partial charge in [0.2, 0.25) is 0 Å². The van der Waals surface area contributed by atoms with Crippen LogP contribution >= 0.6 is 0 Å². The molecule has 0 radical (unpaired) electrons. The fourth-order valence-corrected chi connectivity index (χ4v) is 2.97. The molecule has 0 bridgehead atoms. The third kappa shape index (κ3) is 18.5. The Morgan fingerprint density at radius 1 is 0.714 bits per heavy atom. The van der Waals surface area contributed by atoms with Gasteiger partial charge in [0.25, 0.3) is 0 Å². The Hall–Kier alpha value is 0.471. The summed E-state index contributed by atoms with van der Waals surface area (Å²) in [5, 5.41) is 0. The van der Waals surface area contributed by atoms with E-state index in [1.165, 1.54) is 62.5 Å². The summed E-state index contributed by atoms with van der Waals surface area (Å²) in [6, 6.07) is 0. The van der Waals surface area contributed by atoms with Crippen LogP contribution in [0.2, 0.25) is 13.1 Å². The van der Waals surface area contributed by atoms with Gasteiger partial charge in [0.15, 0.2) is 0 Å². The van der Waals surface area contributed by atoms with E-state index in [1.54, 1.807) is 11.1 Å². The number of rotatable bonds is 8. The monoisotopic (exact) mass is 474 g/mol. The van der Waals surface area contributed by atoms with Gasteiger partial charge < -0.3 is 24.8 Å². The first-order chi connectivity index (χ1) is 12.5. The molecule has 0 saturated heterocycles. The van der Waals surface area contributed by atoms with Crippen LogP contribution in [0.1, 0.15) is 91.9 Å². The van der Waals surface area contributed by atoms with Crippen LogP contribution in [-0.2, 0) is 19.2 Å². The summed E-state index contributed by atoms with van der Waals surface area (Å²) >= 11 is 2.27. The van der Waals surface area contributed by atoms with Gasteiger partial charge in [-0.3, -0.25) is 12.2 Å². The average molecular weight is 475 g/mol. The summed E-state index contributed by atoms with van der Waals surface area (Å²) in [5.74, 6) is 0. The van der Waals surface area contributed by atoms with Crippen molar-refractivity contribution in [1.82, 2.24) is 0 Å². The van der Waals surface area contributed by atoms with Crippen molar-refractivity contribution in [3.05, 3.63) is 46.6 Å². The van der Waals surface area contributed by atoms with E-state index in [2.05, 4.69) is 84.3 Å². The minimum atomic E-state index is 0. The molecule has 0 atom stereocenters. The number of hydrogen-bond donors (Lipinski definition) is 0. The molecule has 0 amide bonds. The van der Waals surface area contributed by atoms with Crippen LogP contribution in [0.4, 0.5) is 0 Å². The van der Waals surface area contributed by atoms with Gasteiger partial charge in [-0.2, -0.15) is 11.1 Å². The van der Waals surface area contributed by atoms with Crippen LogP contribution in [0.3, 0.4) is 0 Å². The van der Waals surface area contributed by atoms with Gasteiger partial charge in [-0.05, 0) is 12.8 Å². The first-order valence-electron chi connectivity index (χ1n) is 10.6. The molecule has 0 aliphatic heterocycles. The van der Waals surface area contributed by atoms with Crippen molar-refractivity contribution < 1.29 is 44.0 Å². The quantitative estimate of drug-likeness (QED) is 0.373. The standard InChI is InChI=1S/2C11H17.C2H6Si.2ClH.Ti/c2*1-3-5-10-7-8-11(9-10)6-4-2;1-3-2;;;/h2*9H,3-7H2,1-2H3;1-2H3;2*1H;/q2*-1;;;;+2/p-2. The summed E-state index contributed by atoms with van der Waals surface area (Å²) < 4.78 is 0. The molecule has 4 heteroatoms. The summed E-state index contributed by atoms with van der Waals surface area (Å²) in [7, 11) is 0. The normalized spacial score (nSPS) is 14.0. The van der Waals surface area contributed by atoms with E-state index in [0.29, 0.717) is 0 Å². The first-order valence-corrected chi connectivity index (χ1v) is 15.4. The van der Waals surface area contributed by atoms with E-state index in [1.807, 2.05) is 0 Å². The van der Waals surface area contributed by atoms with Crippen molar-refractivity contribution in [2.45, 2.75) is 105 Å². The SMILES string of the molecule is CCCC1=[C-]CC(CCC)=C1.CCCC1=[C-]CC(CCC)=C1.C[Si](C)=[Ti+2].[Cl-].[Cl-]. The van der Waals surface area contributed by atoms with Gasteiger partial charge in [-0.25, -0.2) is 23.3 Å². The third-order valence-electron chi connectivity index (χ3n) is 4.02. The molecular formula is C24H40Cl2SiTi-2. The van der Waals surface area contributed by atoms with E-state index < -0.39 is 0 Å². The summed E-state index contributed by atoms with van der Waals surface area (Å²) in [4.78, 5) is 0. The zero-order valence-corrected chi connectivity index (χ0v) is 23.1. The predicted octanol–water partition coefficient (Wildman–Crippen LogP) is 2.08. The van der Waals surface area contributed by atoms with Crippen molar-refractivity contribution in [2.75, 3.05) is 0 Å². The second-order valence-corrected chi connectivity index (χ2v) is 14.0. The molecule has 28 heavy (non-hydrogen) atoms. The molecule has 0 fully saturated rings. The number of hydrogen-bond acceptors (Lipinski definition) is 0. The second kappa shape index (κ2) is 22.2. The fraction of sp³-hybridized carbons (Fsp3) is 0.667. The number of allylic oxidation sites excluding steroid dienone is 8. The van der Waals surface area contributed by atoms with Crippen molar-refractivity contribution >= 4 is 6.19 Å². The topological polar surface area (TPSA) is 0 Å². The van der Waals surface area contributed by atoms with E-state index in [-0.39, 0.29) is 31.0 Å². The van der Waals surface area contributed by atoms with Gasteiger partial charge in [-0.1, -0.05) is 66.2 Å². The van der Waals surface area contributed by atoms with E-state index in [4.69, 9.17) is 0 Å². The molecule has 0 unspecified atom stereocenters. The van der Waals surface area contributed by atoms with Crippen molar-refractivity contribution in [2.24, 2.45) is 0 Å². The molecule has 2 aliphatic carbocycles. The number of halogens is 2. The summed E-state index contributed by atoms with van der Waals surface area (Å²) in [6.07, 6.45) is 23.8. The molecule has 0 aromatic rings. The Morgan fingerprint density at radius 3 is 1.25 bits per heavy atom. The molecule has 0 nitrogen and oxygen atoms in total. The minimum Gasteiger partial charge on any atom is -1.00 e. The molecule has 0 saturated carbocycles. The maximum atomic E-state index is 3.42. The third-order valence-corrected chi connectivity index (χ3v) is 4.02. The Balaban J connectivity index is -0.000000355. The molecule has 0 aromatic heterocycles. The van der Waals surface area contributed by atoms with Crippen LogP contribution in [0, 0.1) is 12.2 Å². The Morgan fingerprint density at radius 2 is 1.00 bits per heavy atom. The van der Waals surface area contributed by atoms with E-state index in [0.717, 1.165) is 12.8 Å². The zero-order chi connectivity index (χ0) is 19.8. The molecule has 2 aliphatic rings. The summed E-state index contributed by atoms with van der Waals surface area (Å²) in [5.41, 5.74) is 6.04. The van der Waals surface area contributed by atoms with Crippen molar-refractivity contribution in [3.63, 3.8) is 0 Å². The largest absolute Gasteiger partial charge is 1.00 e. The van der Waals surface area contributed by atoms with Crippen LogP contribution in [0.15, 0.2) is 34.4 Å². The second-order valence-electron chi connectivity index (χ2n) is 7.36. The van der Waals surface area contributed by atoms with Gasteiger partial charge in [0.1, 0.15) is 0 Å². The van der Waals surface area contributed by atoms with Gasteiger partial charge in [0, 0.05) is 0 Å². The molecular weight excluding hydrogens is 435 g/mol. The van der Waals surface area contributed by atoms with Crippen LogP contribution in [0.25, 0.3) is 0 Å². The van der Waals surface area contributed by atoms with Gasteiger partial charge in [0.05, 0.1) is 0 Å². The average Bonchev–Trinajstić information content (AvgIpc) is 3.19. The molecule has 0 N–H and O–H groups in total. The smallest absolute Gasteiger partial charge is 1.00 e. The Labute approximate surface area is 200 Å². The maximum Gasteiger partial charge on any atom is -1.00 e. The Bertz CT molecular complexity index is 485. The van der Waals surface area contributed by atoms with Gasteiger partial charge >= 0.3 is 38.5 Å². The van der Waals surface area contributed by atoms with Crippen LogP contribution in [-0.4, -0.2) is 6.19 Å². The fourth-order valence-electron chi connectivity index (χ4n) is 2.97. The molecule has 0 spiro atoms. The van der Waals surface area contributed by atoms with E-state index in [9.17, 15) is 0 Å². The van der Waals surface area contributed by atoms with Gasteiger partial charge in [-0.15, -0.1) is 12.8 Å². The molecule has 0 aromatic carbocycles. The summed E-state index contributed by atoms with van der Waals surface area (Å²) in [6.45, 7) is 13.5. The predicted molar refractivity (Wildman–Crippen MR) is 116 cm³/mol.